The lowest BCUT2D eigenvalue weighted by Gasteiger charge is -2.41. The second kappa shape index (κ2) is 9.47. The van der Waals surface area contributed by atoms with Crippen LogP contribution in [0.1, 0.15) is 25.7 Å². The lowest BCUT2D eigenvalue weighted by molar-refractivity contribution is -0.161. The Morgan fingerprint density at radius 1 is 1.27 bits per heavy atom. The Morgan fingerprint density at radius 2 is 2.00 bits per heavy atom. The summed E-state index contributed by atoms with van der Waals surface area (Å²) in [4.78, 5) is 15.0. The molecule has 1 atom stereocenters. The molecule has 0 spiro atoms. The van der Waals surface area contributed by atoms with Gasteiger partial charge in [0.05, 0.1) is 16.6 Å². The Morgan fingerprint density at radius 3 is 2.65 bits per heavy atom. The lowest BCUT2D eigenvalue weighted by Crippen LogP contribution is -2.58. The standard InChI is InChI=1S/C18H24Cl2N2O3.ClH/c1-24-18(6-8-21-9-7-18)17(23)22-10-2-3-14(12-22)25-13-4-5-15(19)16(20)11-13;/h4-5,11,14,21H,2-3,6-10,12H2,1H3;1H. The number of nitrogens with zero attached hydrogens (tertiary/aromatic N) is 1. The van der Waals surface area contributed by atoms with Gasteiger partial charge in [-0.1, -0.05) is 23.2 Å². The summed E-state index contributed by atoms with van der Waals surface area (Å²) in [5, 5.41) is 4.25. The predicted molar refractivity (Wildman–Crippen MR) is 106 cm³/mol. The van der Waals surface area contributed by atoms with E-state index >= 15 is 0 Å². The van der Waals surface area contributed by atoms with Gasteiger partial charge in [0.1, 0.15) is 17.5 Å². The quantitative estimate of drug-likeness (QED) is 0.804. The van der Waals surface area contributed by atoms with Crippen molar-refractivity contribution in [2.24, 2.45) is 0 Å². The molecule has 1 unspecified atom stereocenters. The van der Waals surface area contributed by atoms with Crippen molar-refractivity contribution in [3.63, 3.8) is 0 Å². The Bertz CT molecular complexity index is 624. The number of amides is 1. The first-order valence-corrected chi connectivity index (χ1v) is 9.47. The number of hydrogen-bond donors (Lipinski definition) is 1. The number of nitrogens with one attached hydrogen (secondary N) is 1. The molecule has 1 amide bonds. The molecule has 0 aromatic heterocycles. The van der Waals surface area contributed by atoms with Crippen LogP contribution in [0, 0.1) is 0 Å². The zero-order valence-corrected chi connectivity index (χ0v) is 17.1. The van der Waals surface area contributed by atoms with Gasteiger partial charge in [-0.15, -0.1) is 12.4 Å². The van der Waals surface area contributed by atoms with E-state index in [-0.39, 0.29) is 24.4 Å². The van der Waals surface area contributed by atoms with Crippen molar-refractivity contribution >= 4 is 41.5 Å². The molecular formula is C18H25Cl3N2O3. The van der Waals surface area contributed by atoms with Crippen LogP contribution in [-0.2, 0) is 9.53 Å². The third-order valence-electron chi connectivity index (χ3n) is 5.05. The summed E-state index contributed by atoms with van der Waals surface area (Å²) >= 11 is 12.0. The molecule has 8 heteroatoms. The smallest absolute Gasteiger partial charge is 0.255 e. The van der Waals surface area contributed by atoms with Crippen molar-refractivity contribution < 1.29 is 14.3 Å². The van der Waals surface area contributed by atoms with Gasteiger partial charge in [0.15, 0.2) is 0 Å². The SMILES string of the molecule is COC1(C(=O)N2CCCC(Oc3ccc(Cl)c(Cl)c3)C2)CCNCC1.Cl. The van der Waals surface area contributed by atoms with E-state index in [1.165, 1.54) is 0 Å². The van der Waals surface area contributed by atoms with Crippen LogP contribution in [0.4, 0.5) is 0 Å². The second-order valence-corrected chi connectivity index (χ2v) is 7.47. The van der Waals surface area contributed by atoms with Gasteiger partial charge in [-0.05, 0) is 50.9 Å². The van der Waals surface area contributed by atoms with Crippen molar-refractivity contribution in [2.75, 3.05) is 33.3 Å². The molecule has 2 heterocycles. The minimum atomic E-state index is -0.698. The minimum absolute atomic E-state index is 0. The summed E-state index contributed by atoms with van der Waals surface area (Å²) in [6.07, 6.45) is 3.18. The van der Waals surface area contributed by atoms with Crippen LogP contribution in [0.3, 0.4) is 0 Å². The van der Waals surface area contributed by atoms with E-state index in [9.17, 15) is 4.79 Å². The zero-order chi connectivity index (χ0) is 17.9. The number of hydrogen-bond acceptors (Lipinski definition) is 4. The number of benzene rings is 1. The molecule has 26 heavy (non-hydrogen) atoms. The normalized spacial score (nSPS) is 22.4. The lowest BCUT2D eigenvalue weighted by atomic mass is 9.89. The fraction of sp³-hybridized carbons (Fsp3) is 0.611. The first-order chi connectivity index (χ1) is 12.0. The van der Waals surface area contributed by atoms with Crippen LogP contribution >= 0.6 is 35.6 Å². The largest absolute Gasteiger partial charge is 0.489 e. The van der Waals surface area contributed by atoms with Crippen LogP contribution in [0.15, 0.2) is 18.2 Å². The van der Waals surface area contributed by atoms with Crippen LogP contribution in [0.2, 0.25) is 10.0 Å². The summed E-state index contributed by atoms with van der Waals surface area (Å²) in [6, 6.07) is 5.24. The van der Waals surface area contributed by atoms with Crippen molar-refractivity contribution in [1.82, 2.24) is 10.2 Å². The molecule has 1 aromatic carbocycles. The maximum atomic E-state index is 13.1. The van der Waals surface area contributed by atoms with E-state index in [1.54, 1.807) is 25.3 Å². The van der Waals surface area contributed by atoms with Gasteiger partial charge in [-0.25, -0.2) is 0 Å². The fourth-order valence-electron chi connectivity index (χ4n) is 3.59. The number of carbonyl (C=O) groups is 1. The predicted octanol–water partition coefficient (Wildman–Crippen LogP) is 3.55. The Balaban J connectivity index is 0.00000243. The van der Waals surface area contributed by atoms with Gasteiger partial charge in [0.25, 0.3) is 5.91 Å². The Kier molecular flexibility index (Phi) is 7.86. The molecular weight excluding hydrogens is 399 g/mol. The average Bonchev–Trinajstić information content (AvgIpc) is 2.65. The highest BCUT2D eigenvalue weighted by atomic mass is 35.5. The molecule has 2 aliphatic heterocycles. The first kappa shape index (κ1) is 21.6. The summed E-state index contributed by atoms with van der Waals surface area (Å²) in [7, 11) is 1.64. The van der Waals surface area contributed by atoms with Gasteiger partial charge >= 0.3 is 0 Å². The monoisotopic (exact) mass is 422 g/mol. The molecule has 0 radical (unpaired) electrons. The molecule has 0 saturated carbocycles. The van der Waals surface area contributed by atoms with Gasteiger partial charge < -0.3 is 19.7 Å². The minimum Gasteiger partial charge on any atom is -0.489 e. The molecule has 2 fully saturated rings. The number of likely N-dealkylation sites (tertiary alicyclic amines) is 1. The van der Waals surface area contributed by atoms with Crippen molar-refractivity contribution in [2.45, 2.75) is 37.4 Å². The second-order valence-electron chi connectivity index (χ2n) is 6.66. The van der Waals surface area contributed by atoms with Gasteiger partial charge in [0.2, 0.25) is 0 Å². The topological polar surface area (TPSA) is 50.8 Å². The highest BCUT2D eigenvalue weighted by molar-refractivity contribution is 6.42. The zero-order valence-electron chi connectivity index (χ0n) is 14.8. The maximum absolute atomic E-state index is 13.1. The number of methoxy groups -OCH3 is 1. The molecule has 2 saturated heterocycles. The van der Waals surface area contributed by atoms with Crippen molar-refractivity contribution in [3.05, 3.63) is 28.2 Å². The molecule has 0 bridgehead atoms. The van der Waals surface area contributed by atoms with Crippen LogP contribution in [-0.4, -0.2) is 55.8 Å². The van der Waals surface area contributed by atoms with Crippen LogP contribution < -0.4 is 10.1 Å². The number of ether oxygens (including phenoxy) is 2. The number of halogens is 3. The van der Waals surface area contributed by atoms with E-state index in [4.69, 9.17) is 32.7 Å². The third-order valence-corrected chi connectivity index (χ3v) is 5.79. The van der Waals surface area contributed by atoms with E-state index in [2.05, 4.69) is 5.32 Å². The number of carbonyl (C=O) groups excluding carboxylic acids is 1. The van der Waals surface area contributed by atoms with Gasteiger partial charge in [0, 0.05) is 19.7 Å². The van der Waals surface area contributed by atoms with Crippen LogP contribution in [0.5, 0.6) is 5.75 Å². The highest BCUT2D eigenvalue weighted by Crippen LogP contribution is 2.30. The summed E-state index contributed by atoms with van der Waals surface area (Å²) in [5.74, 6) is 0.760. The van der Waals surface area contributed by atoms with Gasteiger partial charge in [-0.2, -0.15) is 0 Å². The number of piperidine rings is 2. The first-order valence-electron chi connectivity index (χ1n) is 8.71. The molecule has 0 aliphatic carbocycles. The summed E-state index contributed by atoms with van der Waals surface area (Å²) in [5.41, 5.74) is -0.698. The molecule has 3 rings (SSSR count). The fourth-order valence-corrected chi connectivity index (χ4v) is 3.87. The van der Waals surface area contributed by atoms with Gasteiger partial charge in [-0.3, -0.25) is 4.79 Å². The molecule has 1 N–H and O–H groups in total. The van der Waals surface area contributed by atoms with E-state index < -0.39 is 5.60 Å². The van der Waals surface area contributed by atoms with E-state index in [0.29, 0.717) is 35.2 Å². The Hall–Kier alpha value is -0.720. The summed E-state index contributed by atoms with van der Waals surface area (Å²) in [6.45, 7) is 2.92. The molecule has 146 valence electrons. The van der Waals surface area contributed by atoms with E-state index in [0.717, 1.165) is 32.5 Å². The third kappa shape index (κ3) is 4.76. The average molecular weight is 424 g/mol. The summed E-state index contributed by atoms with van der Waals surface area (Å²) < 4.78 is 11.7. The molecule has 1 aromatic rings. The molecule has 5 nitrogen and oxygen atoms in total. The number of rotatable bonds is 4. The van der Waals surface area contributed by atoms with Crippen LogP contribution in [0.25, 0.3) is 0 Å². The Labute approximate surface area is 170 Å². The van der Waals surface area contributed by atoms with Crippen molar-refractivity contribution in [1.29, 1.82) is 0 Å². The van der Waals surface area contributed by atoms with E-state index in [1.807, 2.05) is 4.90 Å². The van der Waals surface area contributed by atoms with Crippen molar-refractivity contribution in [3.8, 4) is 5.75 Å². The maximum Gasteiger partial charge on any atom is 0.255 e. The molecule has 2 aliphatic rings. The highest BCUT2D eigenvalue weighted by Gasteiger charge is 2.43.